The van der Waals surface area contributed by atoms with Gasteiger partial charge in [-0.05, 0) is 58.6 Å². The molecule has 2 aliphatic carbocycles. The first-order valence-electron chi connectivity index (χ1n) is 15.3. The monoisotopic (exact) mass is 622 g/mol. The summed E-state index contributed by atoms with van der Waals surface area (Å²) in [6.07, 6.45) is -1.96. The van der Waals surface area contributed by atoms with Crippen molar-refractivity contribution >= 4 is 29.8 Å². The van der Waals surface area contributed by atoms with Crippen LogP contribution in [0.5, 0.6) is 0 Å². The summed E-state index contributed by atoms with van der Waals surface area (Å²) in [6.45, 7) is 12.3. The number of ether oxygens (including phenoxy) is 5. The van der Waals surface area contributed by atoms with Crippen LogP contribution in [0.15, 0.2) is 22.8 Å². The molecule has 2 fully saturated rings. The third-order valence-corrected chi connectivity index (χ3v) is 9.01. The zero-order valence-electron chi connectivity index (χ0n) is 26.9. The normalized spacial score (nSPS) is 34.8. The van der Waals surface area contributed by atoms with Gasteiger partial charge < -0.3 is 33.9 Å². The Balaban J connectivity index is 2.29. The Labute approximate surface area is 258 Å². The van der Waals surface area contributed by atoms with E-state index in [-0.39, 0.29) is 29.6 Å². The lowest BCUT2D eigenvalue weighted by Crippen LogP contribution is -2.64. The van der Waals surface area contributed by atoms with Crippen molar-refractivity contribution < 1.29 is 57.9 Å². The first-order valence-corrected chi connectivity index (χ1v) is 15.3. The maximum atomic E-state index is 13.2. The summed E-state index contributed by atoms with van der Waals surface area (Å²) in [7, 11) is 0. The molecule has 0 spiro atoms. The van der Waals surface area contributed by atoms with Crippen molar-refractivity contribution in [3.8, 4) is 0 Å². The van der Waals surface area contributed by atoms with Crippen LogP contribution >= 0.6 is 0 Å². The second kappa shape index (κ2) is 13.4. The fourth-order valence-corrected chi connectivity index (χ4v) is 6.55. The zero-order chi connectivity index (χ0) is 33.2. The molecule has 1 heterocycles. The van der Waals surface area contributed by atoms with Gasteiger partial charge in [0.05, 0.1) is 5.92 Å². The smallest absolute Gasteiger partial charge is 0.341 e. The molecule has 1 aliphatic heterocycles. The van der Waals surface area contributed by atoms with Gasteiger partial charge in [0.15, 0.2) is 29.5 Å². The second-order valence-electron chi connectivity index (χ2n) is 12.3. The average molecular weight is 623 g/mol. The molecule has 12 nitrogen and oxygen atoms in total. The lowest BCUT2D eigenvalue weighted by atomic mass is 9.75. The molecule has 0 aromatic carbocycles. The first kappa shape index (κ1) is 35.2. The van der Waals surface area contributed by atoms with E-state index in [0.717, 1.165) is 19.8 Å². The van der Waals surface area contributed by atoms with Crippen LogP contribution in [-0.4, -0.2) is 81.3 Å². The van der Waals surface area contributed by atoms with Gasteiger partial charge in [0.25, 0.3) is 0 Å². The Morgan fingerprint density at radius 3 is 2.18 bits per heavy atom. The van der Waals surface area contributed by atoms with Crippen molar-refractivity contribution in [2.24, 2.45) is 5.92 Å². The minimum absolute atomic E-state index is 0.0239. The summed E-state index contributed by atoms with van der Waals surface area (Å²) in [5.74, 6) is -5.05. The lowest BCUT2D eigenvalue weighted by Gasteiger charge is -2.41. The van der Waals surface area contributed by atoms with Crippen LogP contribution in [0.3, 0.4) is 0 Å². The number of esters is 5. The number of fused-ring (bicyclic) bond motifs is 3. The third kappa shape index (κ3) is 6.28. The molecule has 8 atom stereocenters. The second-order valence-corrected chi connectivity index (χ2v) is 12.3. The first-order chi connectivity index (χ1) is 20.5. The van der Waals surface area contributed by atoms with Crippen molar-refractivity contribution in [1.82, 2.24) is 0 Å². The van der Waals surface area contributed by atoms with Crippen molar-refractivity contribution in [3.05, 3.63) is 22.8 Å². The van der Waals surface area contributed by atoms with Crippen LogP contribution in [0.4, 0.5) is 0 Å². The number of rotatable bonds is 11. The van der Waals surface area contributed by atoms with Crippen LogP contribution in [0.2, 0.25) is 0 Å². The number of aliphatic hydroxyl groups is 2. The Hall–Kier alpha value is -3.25. The molecular formula is C32H46O12. The van der Waals surface area contributed by atoms with Crippen LogP contribution in [0.25, 0.3) is 0 Å². The molecule has 246 valence electrons. The molecule has 0 radical (unpaired) electrons. The number of carbonyl (C=O) groups is 5. The highest BCUT2D eigenvalue weighted by Crippen LogP contribution is 2.57. The molecule has 44 heavy (non-hydrogen) atoms. The zero-order valence-corrected chi connectivity index (χ0v) is 26.9. The summed E-state index contributed by atoms with van der Waals surface area (Å²) in [5.41, 5.74) is -6.12. The molecule has 1 saturated heterocycles. The summed E-state index contributed by atoms with van der Waals surface area (Å²) in [6, 6.07) is 0. The van der Waals surface area contributed by atoms with E-state index in [1.165, 1.54) is 13.8 Å². The van der Waals surface area contributed by atoms with Crippen molar-refractivity contribution in [3.63, 3.8) is 0 Å². The van der Waals surface area contributed by atoms with Gasteiger partial charge in [-0.3, -0.25) is 14.4 Å². The third-order valence-electron chi connectivity index (χ3n) is 9.01. The van der Waals surface area contributed by atoms with Crippen LogP contribution < -0.4 is 0 Å². The molecule has 0 bridgehead atoms. The van der Waals surface area contributed by atoms with Crippen LogP contribution in [0, 0.1) is 5.92 Å². The number of allylic oxidation sites excluding steroid dienone is 1. The molecule has 0 unspecified atom stereocenters. The van der Waals surface area contributed by atoms with Gasteiger partial charge in [-0.15, -0.1) is 0 Å². The summed E-state index contributed by atoms with van der Waals surface area (Å²) in [4.78, 5) is 64.7. The van der Waals surface area contributed by atoms with Gasteiger partial charge in [-0.2, -0.15) is 0 Å². The number of hydrogen-bond donors (Lipinski definition) is 2. The highest BCUT2D eigenvalue weighted by atomic mass is 16.6. The van der Waals surface area contributed by atoms with Crippen molar-refractivity contribution in [2.45, 2.75) is 142 Å². The van der Waals surface area contributed by atoms with Gasteiger partial charge in [-0.1, -0.05) is 32.8 Å². The average Bonchev–Trinajstić information content (AvgIpc) is 3.26. The van der Waals surface area contributed by atoms with Gasteiger partial charge in [0.2, 0.25) is 0 Å². The van der Waals surface area contributed by atoms with Gasteiger partial charge in [0.1, 0.15) is 11.7 Å². The molecule has 0 aromatic rings. The highest BCUT2D eigenvalue weighted by molar-refractivity contribution is 5.88. The Morgan fingerprint density at radius 1 is 0.977 bits per heavy atom. The Morgan fingerprint density at radius 2 is 1.61 bits per heavy atom. The summed E-state index contributed by atoms with van der Waals surface area (Å²) >= 11 is 0. The van der Waals surface area contributed by atoms with E-state index in [9.17, 15) is 34.2 Å². The highest BCUT2D eigenvalue weighted by Gasteiger charge is 2.76. The SMILES string of the molecule is C/C=C(\C)C(=O)O[C@@H]1C(C)=C2[C@H]3OC(=O)[C@](C)(O)[C@]3(O)[C@@H](OC(=O)CCC)C[C@@](C)(OC(C)=O)[C@H]2[C@@H]1OC(=O)CCCCC. The summed E-state index contributed by atoms with van der Waals surface area (Å²) in [5, 5.41) is 23.8. The van der Waals surface area contributed by atoms with E-state index < -0.39 is 83.4 Å². The van der Waals surface area contributed by atoms with Crippen molar-refractivity contribution in [1.29, 1.82) is 0 Å². The number of carbonyl (C=O) groups excluding carboxylic acids is 5. The minimum atomic E-state index is -2.57. The predicted molar refractivity (Wildman–Crippen MR) is 155 cm³/mol. The standard InChI is InChI=1S/C32H46O12/c1-9-12-13-15-22(35)41-26-24-23(18(5)25(26)42-28(36)17(4)11-3)27-32(39,31(8,38)29(37)43-27)20(40-21(34)14-10-2)16-30(24,7)44-19(6)33/h11,20,24-27,38-39H,9-10,12-16H2,1-8H3/b17-11+/t20-,24+,25+,26-,27+,30+,31-,32-/m0/s1. The molecule has 3 rings (SSSR count). The fraction of sp³-hybridized carbons (Fsp3) is 0.719. The van der Waals surface area contributed by atoms with E-state index in [1.807, 2.05) is 6.92 Å². The molecule has 2 N–H and O–H groups in total. The van der Waals surface area contributed by atoms with E-state index in [4.69, 9.17) is 23.7 Å². The maximum Gasteiger partial charge on any atom is 0.341 e. The number of unbranched alkanes of at least 4 members (excludes halogenated alkanes) is 2. The molecule has 1 saturated carbocycles. The number of hydrogen-bond acceptors (Lipinski definition) is 12. The predicted octanol–water partition coefficient (Wildman–Crippen LogP) is 3.15. The maximum absolute atomic E-state index is 13.2. The summed E-state index contributed by atoms with van der Waals surface area (Å²) < 4.78 is 29.1. The van der Waals surface area contributed by atoms with E-state index >= 15 is 0 Å². The van der Waals surface area contributed by atoms with Crippen LogP contribution in [0.1, 0.15) is 100 Å². The van der Waals surface area contributed by atoms with Crippen LogP contribution in [-0.2, 0) is 47.7 Å². The van der Waals surface area contributed by atoms with Gasteiger partial charge >= 0.3 is 29.8 Å². The van der Waals surface area contributed by atoms with Crippen molar-refractivity contribution in [2.75, 3.05) is 0 Å². The molecule has 0 amide bonds. The fourth-order valence-electron chi connectivity index (χ4n) is 6.55. The lowest BCUT2D eigenvalue weighted by molar-refractivity contribution is -0.212. The Bertz CT molecular complexity index is 1230. The van der Waals surface area contributed by atoms with E-state index in [1.54, 1.807) is 33.8 Å². The van der Waals surface area contributed by atoms with Gasteiger partial charge in [-0.25, -0.2) is 9.59 Å². The minimum Gasteiger partial charge on any atom is -0.459 e. The van der Waals surface area contributed by atoms with E-state index in [0.29, 0.717) is 12.8 Å². The molecule has 3 aliphatic rings. The van der Waals surface area contributed by atoms with Gasteiger partial charge in [0, 0.05) is 31.8 Å². The quantitative estimate of drug-likeness (QED) is 0.114. The molecule has 0 aromatic heterocycles. The molecular weight excluding hydrogens is 576 g/mol. The molecule has 12 heteroatoms. The Kier molecular flexibility index (Phi) is 10.7. The largest absolute Gasteiger partial charge is 0.459 e. The van der Waals surface area contributed by atoms with E-state index in [2.05, 4.69) is 0 Å². The topological polar surface area (TPSA) is 172 Å².